The molecule has 0 amide bonds. The first-order chi connectivity index (χ1) is 17.5. The van der Waals surface area contributed by atoms with Crippen LogP contribution in [0.4, 0.5) is 0 Å². The molecule has 6 rings (SSSR count). The van der Waals surface area contributed by atoms with Crippen molar-refractivity contribution < 1.29 is 29.5 Å². The first-order valence-corrected chi connectivity index (χ1v) is 12.0. The number of hydrogen-bond donors (Lipinski definition) is 3. The van der Waals surface area contributed by atoms with E-state index in [-0.39, 0.29) is 23.0 Å². The average molecular weight is 485 g/mol. The number of ether oxygens (including phenoxy) is 3. The number of benzene rings is 4. The molecule has 1 atom stereocenters. The summed E-state index contributed by atoms with van der Waals surface area (Å²) in [5.41, 5.74) is 3.62. The quantitative estimate of drug-likeness (QED) is 0.271. The summed E-state index contributed by atoms with van der Waals surface area (Å²) in [6.07, 6.45) is 1.50. The molecular formula is C30H28O6. The van der Waals surface area contributed by atoms with Gasteiger partial charge in [0, 0.05) is 13.0 Å². The Kier molecular flexibility index (Phi) is 6.69. The van der Waals surface area contributed by atoms with Crippen LogP contribution in [-0.4, -0.2) is 21.9 Å². The highest BCUT2D eigenvalue weighted by molar-refractivity contribution is 5.54. The smallest absolute Gasteiger partial charge is 0.201 e. The zero-order valence-corrected chi connectivity index (χ0v) is 20.0. The standard InChI is InChI=1S/C30H28O6/c1-2-34-27-16-20-5-3-7-24(15-20)36-30-21(6-4-8-25(30)31)12-9-19-10-13-23(14-11-19)35-28-18-22(27)17-26(32)29(28)33/h3-8,10-11,13-15,17-18,27,31-33H,2,9,12,16H2,1H3. The van der Waals surface area contributed by atoms with E-state index in [1.54, 1.807) is 12.1 Å². The number of para-hydroxylation sites is 1. The zero-order valence-electron chi connectivity index (χ0n) is 20.0. The van der Waals surface area contributed by atoms with Crippen LogP contribution >= 0.6 is 0 Å². The van der Waals surface area contributed by atoms with Gasteiger partial charge < -0.3 is 29.5 Å². The lowest BCUT2D eigenvalue weighted by Gasteiger charge is -2.20. The van der Waals surface area contributed by atoms with Crippen LogP contribution in [0.15, 0.2) is 78.9 Å². The number of rotatable bonds is 2. The molecule has 3 N–H and O–H groups in total. The van der Waals surface area contributed by atoms with Crippen LogP contribution in [0.3, 0.4) is 0 Å². The van der Waals surface area contributed by atoms with Crippen molar-refractivity contribution in [2.75, 3.05) is 6.61 Å². The lowest BCUT2D eigenvalue weighted by Crippen LogP contribution is -2.08. The van der Waals surface area contributed by atoms with Gasteiger partial charge in [0.2, 0.25) is 5.75 Å². The Morgan fingerprint density at radius 3 is 2.39 bits per heavy atom. The molecule has 0 saturated carbocycles. The van der Waals surface area contributed by atoms with E-state index in [4.69, 9.17) is 14.2 Å². The fraction of sp³-hybridized carbons (Fsp3) is 0.200. The van der Waals surface area contributed by atoms with Crippen molar-refractivity contribution in [3.05, 3.63) is 101 Å². The first-order valence-electron chi connectivity index (χ1n) is 12.0. The Bertz CT molecular complexity index is 1360. The van der Waals surface area contributed by atoms with E-state index in [0.717, 1.165) is 23.1 Å². The summed E-state index contributed by atoms with van der Waals surface area (Å²) in [6.45, 7) is 2.37. The van der Waals surface area contributed by atoms with Crippen LogP contribution in [0.5, 0.6) is 40.2 Å². The highest BCUT2D eigenvalue weighted by Crippen LogP contribution is 2.42. The largest absolute Gasteiger partial charge is 0.504 e. The molecule has 4 aromatic rings. The fourth-order valence-corrected chi connectivity index (χ4v) is 4.44. The van der Waals surface area contributed by atoms with Crippen LogP contribution in [-0.2, 0) is 24.0 Å². The summed E-state index contributed by atoms with van der Waals surface area (Å²) in [5, 5.41) is 31.5. The molecule has 36 heavy (non-hydrogen) atoms. The lowest BCUT2D eigenvalue weighted by molar-refractivity contribution is 0.0624. The lowest BCUT2D eigenvalue weighted by atomic mass is 10.00. The van der Waals surface area contributed by atoms with Crippen molar-refractivity contribution in [1.82, 2.24) is 0 Å². The van der Waals surface area contributed by atoms with Gasteiger partial charge >= 0.3 is 0 Å². The number of phenols is 3. The third-order valence-electron chi connectivity index (χ3n) is 6.27. The van der Waals surface area contributed by atoms with Gasteiger partial charge in [0.1, 0.15) is 11.5 Å². The van der Waals surface area contributed by atoms with E-state index in [0.29, 0.717) is 42.3 Å². The van der Waals surface area contributed by atoms with Gasteiger partial charge in [-0.1, -0.05) is 36.4 Å². The first kappa shape index (κ1) is 23.6. The molecule has 2 aliphatic heterocycles. The van der Waals surface area contributed by atoms with Crippen LogP contribution in [0.25, 0.3) is 0 Å². The maximum Gasteiger partial charge on any atom is 0.201 e. The summed E-state index contributed by atoms with van der Waals surface area (Å²) in [4.78, 5) is 0. The monoisotopic (exact) mass is 484 g/mol. The summed E-state index contributed by atoms with van der Waals surface area (Å²) in [7, 11) is 0. The minimum absolute atomic E-state index is 0.0929. The molecule has 1 unspecified atom stereocenters. The van der Waals surface area contributed by atoms with Crippen LogP contribution < -0.4 is 9.47 Å². The van der Waals surface area contributed by atoms with Gasteiger partial charge in [-0.15, -0.1) is 0 Å². The highest BCUT2D eigenvalue weighted by Gasteiger charge is 2.20. The van der Waals surface area contributed by atoms with E-state index in [2.05, 4.69) is 0 Å². The van der Waals surface area contributed by atoms with Crippen molar-refractivity contribution in [3.8, 4) is 40.2 Å². The third-order valence-corrected chi connectivity index (χ3v) is 6.27. The second-order valence-electron chi connectivity index (χ2n) is 8.80. The topological polar surface area (TPSA) is 88.4 Å². The Morgan fingerprint density at radius 1 is 0.778 bits per heavy atom. The van der Waals surface area contributed by atoms with E-state index in [9.17, 15) is 15.3 Å². The summed E-state index contributed by atoms with van der Waals surface area (Å²) in [6, 6.07) is 23.8. The van der Waals surface area contributed by atoms with Crippen LogP contribution in [0, 0.1) is 0 Å². The number of hydrogen-bond acceptors (Lipinski definition) is 6. The Hall–Kier alpha value is -4.16. The van der Waals surface area contributed by atoms with Crippen molar-refractivity contribution >= 4 is 0 Å². The Balaban J connectivity index is 1.60. The van der Waals surface area contributed by atoms with E-state index in [1.807, 2.05) is 67.6 Å². The van der Waals surface area contributed by atoms with Crippen LogP contribution in [0.2, 0.25) is 0 Å². The fourth-order valence-electron chi connectivity index (χ4n) is 4.44. The second kappa shape index (κ2) is 10.2. The predicted molar refractivity (Wildman–Crippen MR) is 136 cm³/mol. The molecule has 4 aromatic carbocycles. The number of aryl methyl sites for hydroxylation is 2. The van der Waals surface area contributed by atoms with Gasteiger partial charge in [0.15, 0.2) is 23.0 Å². The molecule has 0 saturated heterocycles. The predicted octanol–water partition coefficient (Wildman–Crippen LogP) is 6.81. The molecule has 6 nitrogen and oxygen atoms in total. The van der Waals surface area contributed by atoms with Gasteiger partial charge in [0.05, 0.1) is 6.10 Å². The van der Waals surface area contributed by atoms with Crippen molar-refractivity contribution in [2.24, 2.45) is 0 Å². The normalized spacial score (nSPS) is 15.2. The molecule has 2 aliphatic rings. The van der Waals surface area contributed by atoms with E-state index < -0.39 is 6.10 Å². The minimum Gasteiger partial charge on any atom is -0.504 e. The van der Waals surface area contributed by atoms with Gasteiger partial charge in [-0.3, -0.25) is 0 Å². The van der Waals surface area contributed by atoms with Gasteiger partial charge in [-0.2, -0.15) is 0 Å². The Labute approximate surface area is 210 Å². The van der Waals surface area contributed by atoms with Gasteiger partial charge in [-0.05, 0) is 84.5 Å². The highest BCUT2D eigenvalue weighted by atomic mass is 16.5. The van der Waals surface area contributed by atoms with E-state index in [1.165, 1.54) is 6.07 Å². The minimum atomic E-state index is -0.402. The zero-order chi connectivity index (χ0) is 25.1. The number of phenolic OH excluding ortho intramolecular Hbond substituents is 3. The maximum absolute atomic E-state index is 10.6. The summed E-state index contributed by atoms with van der Waals surface area (Å²) < 4.78 is 18.2. The van der Waals surface area contributed by atoms with Gasteiger partial charge in [-0.25, -0.2) is 0 Å². The average Bonchev–Trinajstić information content (AvgIpc) is 2.87. The molecular weight excluding hydrogens is 456 g/mol. The van der Waals surface area contributed by atoms with Crippen LogP contribution in [0.1, 0.15) is 35.3 Å². The summed E-state index contributed by atoms with van der Waals surface area (Å²) >= 11 is 0. The Morgan fingerprint density at radius 2 is 1.58 bits per heavy atom. The molecule has 0 spiro atoms. The van der Waals surface area contributed by atoms with Crippen molar-refractivity contribution in [2.45, 2.75) is 32.3 Å². The number of fused-ring (bicyclic) bond motifs is 4. The van der Waals surface area contributed by atoms with Crippen molar-refractivity contribution in [1.29, 1.82) is 0 Å². The molecule has 0 aliphatic carbocycles. The molecule has 2 heterocycles. The van der Waals surface area contributed by atoms with Gasteiger partial charge in [0.25, 0.3) is 0 Å². The molecule has 0 radical (unpaired) electrons. The third kappa shape index (κ3) is 5.09. The molecule has 0 aromatic heterocycles. The van der Waals surface area contributed by atoms with E-state index >= 15 is 0 Å². The molecule has 184 valence electrons. The molecule has 6 heteroatoms. The summed E-state index contributed by atoms with van der Waals surface area (Å²) in [5.74, 6) is 1.24. The molecule has 6 bridgehead atoms. The molecule has 0 fully saturated rings. The van der Waals surface area contributed by atoms with Crippen molar-refractivity contribution in [3.63, 3.8) is 0 Å². The number of aromatic hydroxyl groups is 3. The maximum atomic E-state index is 10.6. The SMILES string of the molecule is CCOC1Cc2cccc(c2)Oc2c(O)cccc2CCc2ccc(cc2)Oc2cc1cc(O)c2O. The second-order valence-corrected chi connectivity index (χ2v) is 8.80.